The standard InChI is InChI=1S/2C9H11.2C4H9.2CH3.Hf.H2Si/c2*1-2-5-9-7-3-6-8(9)4-1;2*1-3-4-2;;;;/h2*1-2,4,6,9H,3,5,7H2;2*1,3-4H2,2H3;2*1H3;;1H2. The van der Waals surface area contributed by atoms with Crippen LogP contribution in [0.3, 0.4) is 0 Å². The van der Waals surface area contributed by atoms with Crippen molar-refractivity contribution in [1.29, 1.82) is 0 Å². The molecule has 2 fully saturated rings. The molecule has 4 rings (SSSR count). The second-order valence-corrected chi connectivity index (χ2v) is 92.0. The third kappa shape index (κ3) is 3.20. The minimum atomic E-state index is -4.40. The van der Waals surface area contributed by atoms with Gasteiger partial charge in [-0.2, -0.15) is 0 Å². The Bertz CT molecular complexity index is 875. The fourth-order valence-corrected chi connectivity index (χ4v) is 67.5. The summed E-state index contributed by atoms with van der Waals surface area (Å²) >= 11 is -4.40. The van der Waals surface area contributed by atoms with Crippen molar-refractivity contribution in [2.45, 2.75) is 103 Å². The SMILES string of the molecule is CCC[CH2][Hf]([CH3])([CH3])(=[SiH2])([CH2]CCC)([CH]1CCC2CC=CC=C21)[CH]1CCC2CC=CC=C21. The molecule has 4 atom stereocenters. The van der Waals surface area contributed by atoms with Gasteiger partial charge in [0.1, 0.15) is 0 Å². The van der Waals surface area contributed by atoms with E-state index in [9.17, 15) is 0 Å². The van der Waals surface area contributed by atoms with Gasteiger partial charge >= 0.3 is 184 Å². The topological polar surface area (TPSA) is 0 Å². The van der Waals surface area contributed by atoms with Gasteiger partial charge in [0.05, 0.1) is 0 Å². The summed E-state index contributed by atoms with van der Waals surface area (Å²) in [7, 11) is 0. The van der Waals surface area contributed by atoms with Crippen molar-refractivity contribution in [3.63, 3.8) is 0 Å². The molecule has 4 aliphatic carbocycles. The first-order valence-corrected chi connectivity index (χ1v) is 38.1. The van der Waals surface area contributed by atoms with Crippen LogP contribution in [0.5, 0.6) is 0 Å². The van der Waals surface area contributed by atoms with Crippen LogP contribution in [0.15, 0.2) is 47.6 Å². The summed E-state index contributed by atoms with van der Waals surface area (Å²) in [5.74, 6) is 1.70. The first-order valence-electron chi connectivity index (χ1n) is 13.4. The number of unbranched alkanes of at least 4 members (excludes halogenated alkanes) is 2. The fraction of sp³-hybridized carbons (Fsp3) is 0.714. The Hall–Kier alpha value is 0.0470. The van der Waals surface area contributed by atoms with E-state index in [1.165, 1.54) is 64.2 Å². The van der Waals surface area contributed by atoms with Crippen LogP contribution in [0.4, 0.5) is 0 Å². The van der Waals surface area contributed by atoms with E-state index in [0.29, 0.717) is 0 Å². The fourth-order valence-electron chi connectivity index (χ4n) is 9.78. The molecule has 0 aromatic heterocycles. The average molecular weight is 591 g/mol. The van der Waals surface area contributed by atoms with Crippen LogP contribution >= 0.6 is 0 Å². The van der Waals surface area contributed by atoms with Crippen LogP contribution in [0.2, 0.25) is 25.1 Å². The summed E-state index contributed by atoms with van der Waals surface area (Å²) in [6.07, 6.45) is 29.0. The van der Waals surface area contributed by atoms with Crippen molar-refractivity contribution in [2.24, 2.45) is 11.8 Å². The van der Waals surface area contributed by atoms with Crippen molar-refractivity contribution in [3.8, 4) is 0 Å². The van der Waals surface area contributed by atoms with E-state index in [1.807, 2.05) is 11.1 Å². The zero-order valence-corrected chi connectivity index (χ0v) is 25.5. The van der Waals surface area contributed by atoms with Gasteiger partial charge in [-0.1, -0.05) is 0 Å². The number of rotatable bonds is 8. The normalized spacial score (nSPS) is 34.2. The maximum absolute atomic E-state index is 4.40. The van der Waals surface area contributed by atoms with Crippen molar-refractivity contribution >= 4 is 6.94 Å². The van der Waals surface area contributed by atoms with Crippen LogP contribution < -0.4 is 0 Å². The van der Waals surface area contributed by atoms with E-state index in [-0.39, 0.29) is 0 Å². The third-order valence-corrected chi connectivity index (χ3v) is 72.5. The summed E-state index contributed by atoms with van der Waals surface area (Å²) in [4.78, 5) is 0. The minimum absolute atomic E-state index is 0.851. The van der Waals surface area contributed by atoms with Crippen molar-refractivity contribution in [1.82, 2.24) is 0 Å². The van der Waals surface area contributed by atoms with Crippen molar-refractivity contribution in [3.05, 3.63) is 47.6 Å². The molecule has 30 heavy (non-hydrogen) atoms. The van der Waals surface area contributed by atoms with Crippen LogP contribution in [0, 0.1) is 11.8 Å². The summed E-state index contributed by atoms with van der Waals surface area (Å²) in [5, 5.41) is 0. The summed E-state index contributed by atoms with van der Waals surface area (Å²) < 4.78 is 11.0. The monoisotopic (exact) mass is 592 g/mol. The number of allylic oxidation sites excluding steroid dienone is 8. The Balaban J connectivity index is 2.00. The van der Waals surface area contributed by atoms with Gasteiger partial charge in [-0.15, -0.1) is 0 Å². The quantitative estimate of drug-likeness (QED) is 0.247. The van der Waals surface area contributed by atoms with Gasteiger partial charge in [-0.25, -0.2) is 0 Å². The van der Waals surface area contributed by atoms with E-state index in [4.69, 9.17) is 0 Å². The summed E-state index contributed by atoms with van der Waals surface area (Å²) in [5.41, 5.74) is 3.82. The molecule has 0 nitrogen and oxygen atoms in total. The molecule has 0 aromatic carbocycles. The molecule has 2 saturated carbocycles. The molecular weight excluding hydrogens is 543 g/mol. The molecule has 0 bridgehead atoms. The van der Waals surface area contributed by atoms with Gasteiger partial charge in [-0.05, 0) is 0 Å². The molecule has 4 aliphatic rings. The molecule has 2 heteroatoms. The maximum atomic E-state index is 3.05. The third-order valence-electron chi connectivity index (χ3n) is 11.7. The first kappa shape index (κ1) is 23.2. The average Bonchev–Trinajstić information content (AvgIpc) is 3.38. The number of fused-ring (bicyclic) bond motifs is 2. The Kier molecular flexibility index (Phi) is 5.43. The molecule has 0 aliphatic heterocycles. The zero-order valence-electron chi connectivity index (χ0n) is 20.5. The van der Waals surface area contributed by atoms with Gasteiger partial charge < -0.3 is 0 Å². The molecule has 0 saturated heterocycles. The van der Waals surface area contributed by atoms with Crippen LogP contribution in [-0.4, -0.2) is 6.94 Å². The Morgan fingerprint density at radius 1 is 0.767 bits per heavy atom. The Morgan fingerprint density at radius 2 is 1.20 bits per heavy atom. The van der Waals surface area contributed by atoms with Crippen molar-refractivity contribution < 1.29 is 14.2 Å². The van der Waals surface area contributed by atoms with E-state index >= 15 is 0 Å². The van der Waals surface area contributed by atoms with Crippen LogP contribution in [0.25, 0.3) is 0 Å². The van der Waals surface area contributed by atoms with E-state index < -0.39 is 14.2 Å². The molecule has 0 amide bonds. The zero-order chi connectivity index (χ0) is 21.6. The molecule has 0 spiro atoms. The molecule has 0 aromatic rings. The van der Waals surface area contributed by atoms with Gasteiger partial charge in [0.15, 0.2) is 0 Å². The van der Waals surface area contributed by atoms with Crippen LogP contribution in [0.1, 0.15) is 78.1 Å². The molecule has 0 radical (unpaired) electrons. The number of hydrogen-bond donors (Lipinski definition) is 0. The predicted octanol–water partition coefficient (Wildman–Crippen LogP) is 9.00. The molecule has 4 unspecified atom stereocenters. The molecular formula is C28H48HfSi. The summed E-state index contributed by atoms with van der Waals surface area (Å²) in [6.45, 7) is 7.60. The molecule has 168 valence electrons. The Morgan fingerprint density at radius 3 is 1.60 bits per heavy atom. The number of hydrogen-bond acceptors (Lipinski definition) is 0. The van der Waals surface area contributed by atoms with E-state index in [0.717, 1.165) is 19.2 Å². The van der Waals surface area contributed by atoms with Crippen molar-refractivity contribution in [2.75, 3.05) is 0 Å². The van der Waals surface area contributed by atoms with Crippen LogP contribution in [-0.2, 0) is 14.2 Å². The molecule has 0 heterocycles. The van der Waals surface area contributed by atoms with E-state index in [2.05, 4.69) is 66.6 Å². The second kappa shape index (κ2) is 7.02. The molecule has 0 N–H and O–H groups in total. The van der Waals surface area contributed by atoms with Gasteiger partial charge in [-0.3, -0.25) is 0 Å². The second-order valence-electron chi connectivity index (χ2n) is 14.4. The predicted molar refractivity (Wildman–Crippen MR) is 136 cm³/mol. The van der Waals surface area contributed by atoms with E-state index in [1.54, 1.807) is 8.35 Å². The Labute approximate surface area is 182 Å². The van der Waals surface area contributed by atoms with Gasteiger partial charge in [0.2, 0.25) is 0 Å². The van der Waals surface area contributed by atoms with Gasteiger partial charge in [0.25, 0.3) is 0 Å². The first-order chi connectivity index (χ1) is 14.1. The van der Waals surface area contributed by atoms with Gasteiger partial charge in [0, 0.05) is 0 Å². The summed E-state index contributed by atoms with van der Waals surface area (Å²) in [6, 6.07) is 0.